The number of nitrogens with one attached hydrogen (secondary N) is 1. The van der Waals surface area contributed by atoms with E-state index < -0.39 is 0 Å². The molecule has 1 N–H and O–H groups in total. The maximum absolute atomic E-state index is 12.3. The molecule has 1 aliphatic heterocycles. The second-order valence-electron chi connectivity index (χ2n) is 5.30. The molecule has 1 aliphatic rings. The van der Waals surface area contributed by atoms with Crippen LogP contribution in [0.1, 0.15) is 28.7 Å². The highest BCUT2D eigenvalue weighted by Crippen LogP contribution is 2.32. The topological polar surface area (TPSA) is 73.3 Å². The summed E-state index contributed by atoms with van der Waals surface area (Å²) in [5.41, 5.74) is 2.28. The number of amides is 1. The molecule has 0 unspecified atom stereocenters. The molecule has 0 fully saturated rings. The molecule has 7 heteroatoms. The monoisotopic (exact) mass is 345 g/mol. The van der Waals surface area contributed by atoms with Gasteiger partial charge >= 0.3 is 0 Å². The highest BCUT2D eigenvalue weighted by Gasteiger charge is 2.14. The third kappa shape index (κ3) is 3.97. The van der Waals surface area contributed by atoms with Gasteiger partial charge in [-0.2, -0.15) is 0 Å². The highest BCUT2D eigenvalue weighted by atomic mass is 32.2. The summed E-state index contributed by atoms with van der Waals surface area (Å²) in [4.78, 5) is 20.9. The molecule has 1 amide bonds. The zero-order chi connectivity index (χ0) is 16.9. The largest absolute Gasteiger partial charge is 0.454 e. The number of ether oxygens (including phenoxy) is 2. The number of carbonyl (C=O) groups is 1. The number of aromatic nitrogens is 2. The van der Waals surface area contributed by atoms with Gasteiger partial charge in [0.05, 0.1) is 0 Å². The lowest BCUT2D eigenvalue weighted by Crippen LogP contribution is -2.27. The minimum absolute atomic E-state index is 0.181. The fraction of sp³-hybridized carbons (Fsp3) is 0.353. The van der Waals surface area contributed by atoms with Gasteiger partial charge in [0, 0.05) is 12.2 Å². The van der Waals surface area contributed by atoms with E-state index in [0.29, 0.717) is 23.8 Å². The van der Waals surface area contributed by atoms with Crippen molar-refractivity contribution in [3.63, 3.8) is 0 Å². The van der Waals surface area contributed by atoms with E-state index in [-0.39, 0.29) is 12.7 Å². The molecule has 0 saturated carbocycles. The third-order valence-corrected chi connectivity index (χ3v) is 4.21. The van der Waals surface area contributed by atoms with Crippen LogP contribution in [0.3, 0.4) is 0 Å². The van der Waals surface area contributed by atoms with Crippen molar-refractivity contribution in [3.8, 4) is 11.5 Å². The van der Waals surface area contributed by atoms with Gasteiger partial charge in [0.1, 0.15) is 5.69 Å². The molecule has 126 valence electrons. The summed E-state index contributed by atoms with van der Waals surface area (Å²) in [6.45, 7) is 4.69. The first kappa shape index (κ1) is 16.6. The molecule has 2 heterocycles. The molecule has 0 bridgehead atoms. The van der Waals surface area contributed by atoms with Crippen LogP contribution in [0.25, 0.3) is 0 Å². The lowest BCUT2D eigenvalue weighted by molar-refractivity contribution is 0.0948. The van der Waals surface area contributed by atoms with Crippen LogP contribution in [0.2, 0.25) is 0 Å². The lowest BCUT2D eigenvalue weighted by atomic mass is 10.1. The van der Waals surface area contributed by atoms with Crippen LogP contribution in [0, 0.1) is 6.92 Å². The van der Waals surface area contributed by atoms with Crippen molar-refractivity contribution in [2.24, 2.45) is 0 Å². The van der Waals surface area contributed by atoms with Crippen LogP contribution < -0.4 is 14.8 Å². The summed E-state index contributed by atoms with van der Waals surface area (Å²) in [5, 5.41) is 3.54. The van der Waals surface area contributed by atoms with Crippen molar-refractivity contribution in [2.75, 3.05) is 19.1 Å². The number of aryl methyl sites for hydroxylation is 1. The first-order chi connectivity index (χ1) is 11.7. The first-order valence-corrected chi connectivity index (χ1v) is 8.79. The molecule has 0 radical (unpaired) electrons. The fourth-order valence-corrected chi connectivity index (χ4v) is 2.99. The zero-order valence-corrected chi connectivity index (χ0v) is 14.5. The van der Waals surface area contributed by atoms with E-state index >= 15 is 0 Å². The second kappa shape index (κ2) is 7.53. The number of fused-ring (bicyclic) bond motifs is 1. The predicted octanol–water partition coefficient (Wildman–Crippen LogP) is 2.60. The Bertz CT molecular complexity index is 752. The van der Waals surface area contributed by atoms with Crippen LogP contribution in [0.5, 0.6) is 11.5 Å². The van der Waals surface area contributed by atoms with Gasteiger partial charge in [0.15, 0.2) is 16.7 Å². The number of thioether (sulfide) groups is 1. The molecule has 1 aromatic heterocycles. The molecule has 0 saturated heterocycles. The van der Waals surface area contributed by atoms with Crippen LogP contribution in [-0.4, -0.2) is 35.0 Å². The number of benzene rings is 1. The van der Waals surface area contributed by atoms with Crippen LogP contribution in [-0.2, 0) is 6.42 Å². The summed E-state index contributed by atoms with van der Waals surface area (Å²) >= 11 is 1.53. The molecule has 0 atom stereocenters. The van der Waals surface area contributed by atoms with Crippen LogP contribution in [0.4, 0.5) is 0 Å². The lowest BCUT2D eigenvalue weighted by Gasteiger charge is -2.07. The Hall–Kier alpha value is -2.28. The standard InChI is InChI=1S/C17H19N3O3S/c1-3-24-17-19-11(2)8-13(20-17)16(21)18-7-6-12-4-5-14-15(9-12)23-10-22-14/h4-5,8-9H,3,6-7,10H2,1-2H3,(H,18,21). The van der Waals surface area contributed by atoms with Gasteiger partial charge in [0.2, 0.25) is 6.79 Å². The van der Waals surface area contributed by atoms with Crippen molar-refractivity contribution in [2.45, 2.75) is 25.4 Å². The first-order valence-electron chi connectivity index (χ1n) is 7.81. The Morgan fingerprint density at radius 3 is 2.92 bits per heavy atom. The third-order valence-electron chi connectivity index (χ3n) is 3.48. The Balaban J connectivity index is 1.57. The highest BCUT2D eigenvalue weighted by molar-refractivity contribution is 7.99. The summed E-state index contributed by atoms with van der Waals surface area (Å²) in [6, 6.07) is 7.51. The minimum Gasteiger partial charge on any atom is -0.454 e. The summed E-state index contributed by atoms with van der Waals surface area (Å²) in [7, 11) is 0. The average Bonchev–Trinajstić information content (AvgIpc) is 3.02. The molecule has 0 spiro atoms. The van der Waals surface area contributed by atoms with Gasteiger partial charge in [-0.3, -0.25) is 4.79 Å². The summed E-state index contributed by atoms with van der Waals surface area (Å²) in [5.74, 6) is 2.21. The SMILES string of the molecule is CCSc1nc(C)cc(C(=O)NCCc2ccc3c(c2)OCO3)n1. The van der Waals surface area contributed by atoms with Crippen molar-refractivity contribution in [1.29, 1.82) is 0 Å². The van der Waals surface area contributed by atoms with E-state index in [0.717, 1.165) is 28.5 Å². The van der Waals surface area contributed by atoms with E-state index in [4.69, 9.17) is 9.47 Å². The maximum Gasteiger partial charge on any atom is 0.270 e. The van der Waals surface area contributed by atoms with Crippen molar-refractivity contribution in [1.82, 2.24) is 15.3 Å². The zero-order valence-electron chi connectivity index (χ0n) is 13.7. The number of nitrogens with zero attached hydrogens (tertiary/aromatic N) is 2. The Morgan fingerprint density at radius 2 is 2.08 bits per heavy atom. The van der Waals surface area contributed by atoms with Gasteiger partial charge in [-0.25, -0.2) is 9.97 Å². The van der Waals surface area contributed by atoms with Gasteiger partial charge in [-0.05, 0) is 42.9 Å². The van der Waals surface area contributed by atoms with E-state index in [1.807, 2.05) is 32.0 Å². The van der Waals surface area contributed by atoms with E-state index in [1.165, 1.54) is 11.8 Å². The Morgan fingerprint density at radius 1 is 1.25 bits per heavy atom. The second-order valence-corrected chi connectivity index (χ2v) is 6.53. The van der Waals surface area contributed by atoms with Crippen molar-refractivity contribution >= 4 is 17.7 Å². The van der Waals surface area contributed by atoms with E-state index in [2.05, 4.69) is 15.3 Å². The van der Waals surface area contributed by atoms with E-state index in [1.54, 1.807) is 6.07 Å². The van der Waals surface area contributed by atoms with Crippen LogP contribution in [0.15, 0.2) is 29.4 Å². The minimum atomic E-state index is -0.181. The molecule has 1 aromatic carbocycles. The quantitative estimate of drug-likeness (QED) is 0.641. The van der Waals surface area contributed by atoms with E-state index in [9.17, 15) is 4.79 Å². The van der Waals surface area contributed by atoms with Crippen molar-refractivity contribution < 1.29 is 14.3 Å². The summed E-state index contributed by atoms with van der Waals surface area (Å²) in [6.07, 6.45) is 0.711. The number of hydrogen-bond donors (Lipinski definition) is 1. The molecule has 0 aliphatic carbocycles. The molecule has 2 aromatic rings. The molecular formula is C17H19N3O3S. The van der Waals surface area contributed by atoms with Gasteiger partial charge in [0.25, 0.3) is 5.91 Å². The van der Waals surface area contributed by atoms with Crippen LogP contribution >= 0.6 is 11.8 Å². The maximum atomic E-state index is 12.3. The fourth-order valence-electron chi connectivity index (χ4n) is 2.36. The smallest absolute Gasteiger partial charge is 0.270 e. The molecule has 3 rings (SSSR count). The van der Waals surface area contributed by atoms with Crippen molar-refractivity contribution in [3.05, 3.63) is 41.2 Å². The van der Waals surface area contributed by atoms with Gasteiger partial charge < -0.3 is 14.8 Å². The Kier molecular flexibility index (Phi) is 5.20. The van der Waals surface area contributed by atoms with Gasteiger partial charge in [-0.1, -0.05) is 24.8 Å². The number of hydrogen-bond acceptors (Lipinski definition) is 6. The normalized spacial score (nSPS) is 12.2. The number of carbonyl (C=O) groups excluding carboxylic acids is 1. The Labute approximate surface area is 145 Å². The molecular weight excluding hydrogens is 326 g/mol. The molecule has 6 nitrogen and oxygen atoms in total. The summed E-state index contributed by atoms with van der Waals surface area (Å²) < 4.78 is 10.6. The average molecular weight is 345 g/mol. The van der Waals surface area contributed by atoms with Gasteiger partial charge in [-0.15, -0.1) is 0 Å². The molecule has 24 heavy (non-hydrogen) atoms. The number of rotatable bonds is 6. The predicted molar refractivity (Wildman–Crippen MR) is 91.8 cm³/mol.